The van der Waals surface area contributed by atoms with E-state index in [-0.39, 0.29) is 17.5 Å². The molecule has 1 aliphatic rings. The summed E-state index contributed by atoms with van der Waals surface area (Å²) in [7, 11) is 0. The van der Waals surface area contributed by atoms with Crippen molar-refractivity contribution < 1.29 is 9.72 Å². The number of aryl methyl sites for hydroxylation is 1. The molecular weight excluding hydrogens is 258 g/mol. The number of carbonyl (C=O) groups excluding carboxylic acids is 1. The van der Waals surface area contributed by atoms with Crippen LogP contribution in [0.3, 0.4) is 0 Å². The van der Waals surface area contributed by atoms with E-state index in [1.807, 2.05) is 0 Å². The largest absolute Gasteiger partial charge is 0.296 e. The summed E-state index contributed by atoms with van der Waals surface area (Å²) in [5.41, 5.74) is 0.263. The van der Waals surface area contributed by atoms with E-state index in [0.717, 1.165) is 0 Å². The highest BCUT2D eigenvalue weighted by Crippen LogP contribution is 2.26. The van der Waals surface area contributed by atoms with Gasteiger partial charge in [-0.25, -0.2) is 4.98 Å². The Labute approximate surface area is 109 Å². The topological polar surface area (TPSA) is 76.3 Å². The van der Waals surface area contributed by atoms with Crippen LogP contribution in [-0.4, -0.2) is 28.2 Å². The Morgan fingerprint density at radius 3 is 2.83 bits per heavy atom. The molecule has 1 fully saturated rings. The first kappa shape index (κ1) is 12.8. The third kappa shape index (κ3) is 2.28. The second-order valence-electron chi connectivity index (χ2n) is 4.26. The van der Waals surface area contributed by atoms with Crippen LogP contribution in [0.15, 0.2) is 12.1 Å². The Morgan fingerprint density at radius 1 is 1.61 bits per heavy atom. The monoisotopic (exact) mass is 269 g/mol. The van der Waals surface area contributed by atoms with Crippen molar-refractivity contribution in [2.75, 3.05) is 17.3 Å². The molecule has 0 N–H and O–H groups in total. The number of pyridine rings is 1. The van der Waals surface area contributed by atoms with Gasteiger partial charge in [-0.15, -0.1) is 11.6 Å². The molecule has 0 spiro atoms. The molecule has 0 bridgehead atoms. The van der Waals surface area contributed by atoms with Gasteiger partial charge in [-0.1, -0.05) is 0 Å². The maximum absolute atomic E-state index is 11.8. The molecule has 1 amide bonds. The fourth-order valence-corrected chi connectivity index (χ4v) is 2.20. The lowest BCUT2D eigenvalue weighted by Gasteiger charge is -2.15. The van der Waals surface area contributed by atoms with Gasteiger partial charge < -0.3 is 0 Å². The Morgan fingerprint density at radius 2 is 2.33 bits per heavy atom. The number of rotatable bonds is 3. The van der Waals surface area contributed by atoms with Gasteiger partial charge in [0.05, 0.1) is 4.92 Å². The molecule has 1 aliphatic heterocycles. The Kier molecular flexibility index (Phi) is 3.47. The summed E-state index contributed by atoms with van der Waals surface area (Å²) in [4.78, 5) is 27.6. The number of carbonyl (C=O) groups is 1. The molecule has 0 saturated carbocycles. The van der Waals surface area contributed by atoms with Crippen molar-refractivity contribution in [3.05, 3.63) is 27.9 Å². The third-order valence-electron chi connectivity index (χ3n) is 2.94. The normalized spacial score (nSPS) is 19.3. The van der Waals surface area contributed by atoms with Crippen LogP contribution >= 0.6 is 11.6 Å². The van der Waals surface area contributed by atoms with Crippen LogP contribution in [0.4, 0.5) is 11.5 Å². The smallest absolute Gasteiger partial charge is 0.290 e. The van der Waals surface area contributed by atoms with E-state index in [1.165, 1.54) is 17.0 Å². The number of alkyl halides is 1. The fraction of sp³-hybridized carbons (Fsp3) is 0.455. The van der Waals surface area contributed by atoms with Gasteiger partial charge in [0, 0.05) is 24.9 Å². The molecule has 2 heterocycles. The Balaban J connectivity index is 2.27. The zero-order valence-corrected chi connectivity index (χ0v) is 10.6. The van der Waals surface area contributed by atoms with Crippen molar-refractivity contribution in [1.29, 1.82) is 0 Å². The molecule has 18 heavy (non-hydrogen) atoms. The van der Waals surface area contributed by atoms with E-state index in [4.69, 9.17) is 11.6 Å². The lowest BCUT2D eigenvalue weighted by atomic mass is 10.1. The summed E-state index contributed by atoms with van der Waals surface area (Å²) in [5.74, 6) is 0.961. The first-order chi connectivity index (χ1) is 8.52. The van der Waals surface area contributed by atoms with Gasteiger partial charge in [-0.05, 0) is 18.9 Å². The van der Waals surface area contributed by atoms with Crippen LogP contribution < -0.4 is 4.90 Å². The van der Waals surface area contributed by atoms with Crippen LogP contribution in [0.1, 0.15) is 12.1 Å². The van der Waals surface area contributed by atoms with Gasteiger partial charge in [0.25, 0.3) is 5.69 Å². The van der Waals surface area contributed by atoms with Gasteiger partial charge in [-0.2, -0.15) is 0 Å². The van der Waals surface area contributed by atoms with Crippen molar-refractivity contribution >= 4 is 29.0 Å². The third-order valence-corrected chi connectivity index (χ3v) is 3.38. The molecule has 1 aromatic heterocycles. The van der Waals surface area contributed by atoms with Gasteiger partial charge >= 0.3 is 0 Å². The van der Waals surface area contributed by atoms with E-state index in [2.05, 4.69) is 4.98 Å². The van der Waals surface area contributed by atoms with Crippen LogP contribution in [0.25, 0.3) is 0 Å². The number of hydrogen-bond donors (Lipinski definition) is 0. The first-order valence-corrected chi connectivity index (χ1v) is 6.04. The standard InChI is InChI=1S/C11H12ClN3O3/c1-7-9(15(17)18)2-3-10(13-7)14-6-8(5-12)4-11(14)16/h2-3,8H,4-6H2,1H3. The maximum atomic E-state index is 11.8. The van der Waals surface area contributed by atoms with Crippen molar-refractivity contribution in [3.63, 3.8) is 0 Å². The van der Waals surface area contributed by atoms with Crippen LogP contribution in [0.5, 0.6) is 0 Å². The second-order valence-corrected chi connectivity index (χ2v) is 4.57. The van der Waals surface area contributed by atoms with Crippen molar-refractivity contribution in [1.82, 2.24) is 4.98 Å². The number of nitrogens with zero attached hydrogens (tertiary/aromatic N) is 3. The molecule has 96 valence electrons. The van der Waals surface area contributed by atoms with Gasteiger partial charge in [0.1, 0.15) is 11.5 Å². The Bertz CT molecular complexity index is 506. The first-order valence-electron chi connectivity index (χ1n) is 5.51. The SMILES string of the molecule is Cc1nc(N2CC(CCl)CC2=O)ccc1[N+](=O)[O-]. The number of nitro groups is 1. The zero-order chi connectivity index (χ0) is 13.3. The number of aromatic nitrogens is 1. The van der Waals surface area contributed by atoms with E-state index in [9.17, 15) is 14.9 Å². The molecule has 1 unspecified atom stereocenters. The molecule has 0 aromatic carbocycles. The fourth-order valence-electron chi connectivity index (χ4n) is 1.99. The minimum atomic E-state index is -0.487. The molecule has 0 aliphatic carbocycles. The Hall–Kier alpha value is -1.69. The summed E-state index contributed by atoms with van der Waals surface area (Å²) in [6.45, 7) is 2.08. The molecule has 0 radical (unpaired) electrons. The van der Waals surface area contributed by atoms with Crippen molar-refractivity contribution in [2.45, 2.75) is 13.3 Å². The molecule has 6 nitrogen and oxygen atoms in total. The van der Waals surface area contributed by atoms with Crippen LogP contribution in [0, 0.1) is 23.0 Å². The van der Waals surface area contributed by atoms with Crippen molar-refractivity contribution in [2.24, 2.45) is 5.92 Å². The maximum Gasteiger partial charge on any atom is 0.290 e. The average Bonchev–Trinajstić information content (AvgIpc) is 2.70. The van der Waals surface area contributed by atoms with Gasteiger partial charge in [-0.3, -0.25) is 19.8 Å². The van der Waals surface area contributed by atoms with E-state index in [0.29, 0.717) is 30.4 Å². The van der Waals surface area contributed by atoms with Crippen LogP contribution in [0.2, 0.25) is 0 Å². The van der Waals surface area contributed by atoms with E-state index in [1.54, 1.807) is 6.92 Å². The number of anilines is 1. The lowest BCUT2D eigenvalue weighted by molar-refractivity contribution is -0.385. The minimum Gasteiger partial charge on any atom is -0.296 e. The highest BCUT2D eigenvalue weighted by Gasteiger charge is 2.31. The number of amides is 1. The van der Waals surface area contributed by atoms with Crippen molar-refractivity contribution in [3.8, 4) is 0 Å². The molecule has 1 saturated heterocycles. The highest BCUT2D eigenvalue weighted by atomic mass is 35.5. The summed E-state index contributed by atoms with van der Waals surface area (Å²) in [6, 6.07) is 2.87. The highest BCUT2D eigenvalue weighted by molar-refractivity contribution is 6.18. The van der Waals surface area contributed by atoms with E-state index < -0.39 is 4.92 Å². The van der Waals surface area contributed by atoms with Crippen LogP contribution in [-0.2, 0) is 4.79 Å². The zero-order valence-electron chi connectivity index (χ0n) is 9.80. The predicted octanol–water partition coefficient (Wildman–Crippen LogP) is 1.89. The van der Waals surface area contributed by atoms with Gasteiger partial charge in [0.15, 0.2) is 0 Å². The summed E-state index contributed by atoms with van der Waals surface area (Å²) < 4.78 is 0. The number of hydrogen-bond acceptors (Lipinski definition) is 4. The lowest BCUT2D eigenvalue weighted by Crippen LogP contribution is -2.25. The minimum absolute atomic E-state index is 0.0404. The molecule has 1 aromatic rings. The predicted molar refractivity (Wildman–Crippen MR) is 66.8 cm³/mol. The molecular formula is C11H12ClN3O3. The molecule has 2 rings (SSSR count). The summed E-state index contributed by atoms with van der Waals surface area (Å²) >= 11 is 5.74. The second kappa shape index (κ2) is 4.89. The quantitative estimate of drug-likeness (QED) is 0.477. The molecule has 1 atom stereocenters. The van der Waals surface area contributed by atoms with E-state index >= 15 is 0 Å². The summed E-state index contributed by atoms with van der Waals surface area (Å²) in [6.07, 6.45) is 0.404. The number of halogens is 1. The average molecular weight is 270 g/mol. The molecule has 7 heteroatoms. The summed E-state index contributed by atoms with van der Waals surface area (Å²) in [5, 5.41) is 10.7. The van der Waals surface area contributed by atoms with Gasteiger partial charge in [0.2, 0.25) is 5.91 Å².